The molecule has 13 heavy (non-hydrogen) atoms. The van der Waals surface area contributed by atoms with Crippen molar-refractivity contribution in [2.24, 2.45) is 0 Å². The second-order valence-corrected chi connectivity index (χ2v) is 3.91. The quantitative estimate of drug-likeness (QED) is 0.736. The first kappa shape index (κ1) is 8.78. The largest absolute Gasteiger partial charge is 0.396 e. The van der Waals surface area contributed by atoms with Crippen molar-refractivity contribution in [2.75, 3.05) is 5.73 Å². The Morgan fingerprint density at radius 1 is 1.31 bits per heavy atom. The van der Waals surface area contributed by atoms with Crippen LogP contribution in [-0.2, 0) is 0 Å². The van der Waals surface area contributed by atoms with Crippen LogP contribution in [0.2, 0.25) is 5.02 Å². The van der Waals surface area contributed by atoms with E-state index in [1.54, 1.807) is 12.3 Å². The Labute approximate surface area is 88.8 Å². The molecule has 0 aliphatic rings. The van der Waals surface area contributed by atoms with Crippen LogP contribution in [0.15, 0.2) is 28.9 Å². The van der Waals surface area contributed by atoms with Crippen molar-refractivity contribution in [3.63, 3.8) is 0 Å². The maximum Gasteiger partial charge on any atom is 0.0957 e. The molecular weight excluding hydrogens is 251 g/mol. The summed E-state index contributed by atoms with van der Waals surface area (Å²) >= 11 is 9.30. The fraction of sp³-hybridized carbons (Fsp3) is 0. The minimum absolute atomic E-state index is 0.625. The lowest BCUT2D eigenvalue weighted by Crippen LogP contribution is -1.90. The number of pyridine rings is 1. The summed E-state index contributed by atoms with van der Waals surface area (Å²) in [5.41, 5.74) is 7.18. The van der Waals surface area contributed by atoms with Gasteiger partial charge in [0.05, 0.1) is 16.2 Å². The van der Waals surface area contributed by atoms with Crippen LogP contribution in [0, 0.1) is 0 Å². The van der Waals surface area contributed by atoms with Crippen LogP contribution in [0.5, 0.6) is 0 Å². The molecule has 1 aromatic carbocycles. The molecule has 0 spiro atoms. The van der Waals surface area contributed by atoms with E-state index < -0.39 is 0 Å². The van der Waals surface area contributed by atoms with Crippen molar-refractivity contribution >= 4 is 44.1 Å². The number of nitrogens with two attached hydrogens (primary N) is 1. The van der Waals surface area contributed by atoms with E-state index in [0.717, 1.165) is 15.4 Å². The van der Waals surface area contributed by atoms with Crippen LogP contribution in [0.25, 0.3) is 10.9 Å². The molecule has 66 valence electrons. The minimum Gasteiger partial charge on any atom is -0.396 e. The van der Waals surface area contributed by atoms with Gasteiger partial charge in [-0.05, 0) is 28.1 Å². The van der Waals surface area contributed by atoms with Crippen LogP contribution in [-0.4, -0.2) is 4.98 Å². The van der Waals surface area contributed by atoms with Gasteiger partial charge < -0.3 is 5.73 Å². The van der Waals surface area contributed by atoms with Gasteiger partial charge in [-0.1, -0.05) is 17.7 Å². The Kier molecular flexibility index (Phi) is 2.14. The normalized spacial score (nSPS) is 10.6. The smallest absolute Gasteiger partial charge is 0.0957 e. The molecule has 0 radical (unpaired) electrons. The molecule has 0 fully saturated rings. The highest BCUT2D eigenvalue weighted by atomic mass is 79.9. The second kappa shape index (κ2) is 3.16. The van der Waals surface area contributed by atoms with E-state index in [1.807, 2.05) is 12.1 Å². The molecule has 2 rings (SSSR count). The van der Waals surface area contributed by atoms with Gasteiger partial charge in [-0.2, -0.15) is 0 Å². The van der Waals surface area contributed by atoms with Crippen LogP contribution in [0.1, 0.15) is 0 Å². The Bertz CT molecular complexity index is 470. The van der Waals surface area contributed by atoms with Crippen molar-refractivity contribution < 1.29 is 0 Å². The molecule has 0 amide bonds. The fourth-order valence-electron chi connectivity index (χ4n) is 1.18. The zero-order valence-corrected chi connectivity index (χ0v) is 8.93. The van der Waals surface area contributed by atoms with Gasteiger partial charge in [0.1, 0.15) is 0 Å². The van der Waals surface area contributed by atoms with Crippen LogP contribution < -0.4 is 5.73 Å². The lowest BCUT2D eigenvalue weighted by Gasteiger charge is -2.03. The average Bonchev–Trinajstić information content (AvgIpc) is 2.12. The Hall–Kier alpha value is -0.800. The third-order valence-electron chi connectivity index (χ3n) is 1.85. The Morgan fingerprint density at radius 2 is 2.08 bits per heavy atom. The second-order valence-electron chi connectivity index (χ2n) is 2.65. The van der Waals surface area contributed by atoms with Crippen molar-refractivity contribution in [1.82, 2.24) is 4.98 Å². The van der Waals surface area contributed by atoms with Crippen LogP contribution in [0.4, 0.5) is 5.69 Å². The van der Waals surface area contributed by atoms with E-state index in [2.05, 4.69) is 20.9 Å². The summed E-state index contributed by atoms with van der Waals surface area (Å²) in [4.78, 5) is 4.16. The van der Waals surface area contributed by atoms with Gasteiger partial charge in [-0.25, -0.2) is 0 Å². The van der Waals surface area contributed by atoms with Gasteiger partial charge in [0.15, 0.2) is 0 Å². The van der Waals surface area contributed by atoms with Gasteiger partial charge in [-0.15, -0.1) is 0 Å². The summed E-state index contributed by atoms with van der Waals surface area (Å²) in [6.45, 7) is 0. The van der Waals surface area contributed by atoms with Crippen molar-refractivity contribution in [2.45, 2.75) is 0 Å². The van der Waals surface area contributed by atoms with Crippen molar-refractivity contribution in [1.29, 1.82) is 0 Å². The number of nitrogens with zero attached hydrogens (tertiary/aromatic N) is 1. The summed E-state index contributed by atoms with van der Waals surface area (Å²) < 4.78 is 0.842. The SMILES string of the molecule is Nc1c(Br)ccc2c(Cl)ccnc12. The number of hydrogen-bond donors (Lipinski definition) is 1. The monoisotopic (exact) mass is 256 g/mol. The predicted octanol–water partition coefficient (Wildman–Crippen LogP) is 3.23. The summed E-state index contributed by atoms with van der Waals surface area (Å²) in [5.74, 6) is 0. The fourth-order valence-corrected chi connectivity index (χ4v) is 1.71. The number of rotatable bonds is 0. The van der Waals surface area contributed by atoms with Gasteiger partial charge >= 0.3 is 0 Å². The van der Waals surface area contributed by atoms with Gasteiger partial charge in [0.2, 0.25) is 0 Å². The standard InChI is InChI=1S/C9H6BrClN2/c10-6-2-1-5-7(11)3-4-13-9(5)8(6)12/h1-4H,12H2. The highest BCUT2D eigenvalue weighted by Crippen LogP contribution is 2.30. The number of halogens is 2. The zero-order valence-electron chi connectivity index (χ0n) is 6.59. The molecule has 1 heterocycles. The number of aromatic nitrogens is 1. The van der Waals surface area contributed by atoms with Crippen molar-refractivity contribution in [3.05, 3.63) is 33.9 Å². The number of nitrogen functional groups attached to an aromatic ring is 1. The first-order valence-corrected chi connectivity index (χ1v) is 4.85. The molecule has 0 saturated heterocycles. The first-order chi connectivity index (χ1) is 6.20. The topological polar surface area (TPSA) is 38.9 Å². The molecule has 0 bridgehead atoms. The van der Waals surface area contributed by atoms with Crippen LogP contribution >= 0.6 is 27.5 Å². The third kappa shape index (κ3) is 1.38. The van der Waals surface area contributed by atoms with Gasteiger partial charge in [0.25, 0.3) is 0 Å². The van der Waals surface area contributed by atoms with Crippen molar-refractivity contribution in [3.8, 4) is 0 Å². The first-order valence-electron chi connectivity index (χ1n) is 3.68. The summed E-state index contributed by atoms with van der Waals surface area (Å²) in [7, 11) is 0. The summed E-state index contributed by atoms with van der Waals surface area (Å²) in [6, 6.07) is 5.51. The van der Waals surface area contributed by atoms with E-state index in [-0.39, 0.29) is 0 Å². The Morgan fingerprint density at radius 3 is 2.85 bits per heavy atom. The molecule has 2 N–H and O–H groups in total. The van der Waals surface area contributed by atoms with Gasteiger partial charge in [0, 0.05) is 16.1 Å². The highest BCUT2D eigenvalue weighted by Gasteiger charge is 2.05. The molecule has 0 unspecified atom stereocenters. The lowest BCUT2D eigenvalue weighted by molar-refractivity contribution is 1.41. The maximum absolute atomic E-state index is 5.97. The number of benzene rings is 1. The maximum atomic E-state index is 5.97. The van der Waals surface area contributed by atoms with E-state index in [9.17, 15) is 0 Å². The number of fused-ring (bicyclic) bond motifs is 1. The van der Waals surface area contributed by atoms with E-state index in [0.29, 0.717) is 10.7 Å². The van der Waals surface area contributed by atoms with E-state index >= 15 is 0 Å². The molecule has 2 aromatic rings. The summed E-state index contributed by atoms with van der Waals surface area (Å²) in [6.07, 6.45) is 1.65. The van der Waals surface area contributed by atoms with Gasteiger partial charge in [-0.3, -0.25) is 4.98 Å². The third-order valence-corrected chi connectivity index (χ3v) is 2.87. The summed E-state index contributed by atoms with van der Waals surface area (Å²) in [5, 5.41) is 1.55. The molecule has 0 saturated carbocycles. The Balaban J connectivity index is 2.94. The average molecular weight is 258 g/mol. The molecule has 1 aromatic heterocycles. The van der Waals surface area contributed by atoms with E-state index in [4.69, 9.17) is 17.3 Å². The minimum atomic E-state index is 0.625. The molecule has 4 heteroatoms. The molecular formula is C9H6BrClN2. The molecule has 2 nitrogen and oxygen atoms in total. The zero-order chi connectivity index (χ0) is 9.42. The lowest BCUT2D eigenvalue weighted by atomic mass is 10.2. The van der Waals surface area contributed by atoms with Crippen LogP contribution in [0.3, 0.4) is 0 Å². The number of anilines is 1. The molecule has 0 aliphatic carbocycles. The number of hydrogen-bond acceptors (Lipinski definition) is 2. The molecule has 0 atom stereocenters. The molecule has 0 aliphatic heterocycles. The highest BCUT2D eigenvalue weighted by molar-refractivity contribution is 9.10. The predicted molar refractivity (Wildman–Crippen MR) is 58.9 cm³/mol. The van der Waals surface area contributed by atoms with E-state index in [1.165, 1.54) is 0 Å².